The molecule has 0 fully saturated rings. The molecule has 0 aliphatic rings. The standard InChI is InChI=1S/C10H11FO2/c1-8(6-12)4-3-5-10(11)9(2)7-13/h3-7H,1-2H3/b5-3+,8-4+,10-9-. The van der Waals surface area contributed by atoms with Gasteiger partial charge in [0, 0.05) is 5.57 Å². The molecule has 0 rings (SSSR count). The number of hydrogen-bond acceptors (Lipinski definition) is 2. The summed E-state index contributed by atoms with van der Waals surface area (Å²) in [4.78, 5) is 20.2. The average molecular weight is 182 g/mol. The van der Waals surface area contributed by atoms with E-state index in [0.717, 1.165) is 6.08 Å². The summed E-state index contributed by atoms with van der Waals surface area (Å²) in [6.45, 7) is 2.98. The Morgan fingerprint density at radius 3 is 2.23 bits per heavy atom. The minimum Gasteiger partial charge on any atom is -0.298 e. The molecule has 0 aliphatic heterocycles. The summed E-state index contributed by atoms with van der Waals surface area (Å²) in [7, 11) is 0. The van der Waals surface area contributed by atoms with E-state index in [4.69, 9.17) is 0 Å². The molecule has 0 aromatic heterocycles. The van der Waals surface area contributed by atoms with Gasteiger partial charge in [-0.05, 0) is 25.5 Å². The van der Waals surface area contributed by atoms with E-state index < -0.39 is 5.83 Å². The third-order valence-electron chi connectivity index (χ3n) is 1.34. The Balaban J connectivity index is 4.45. The first-order valence-electron chi connectivity index (χ1n) is 3.73. The van der Waals surface area contributed by atoms with Crippen LogP contribution in [0, 0.1) is 0 Å². The number of allylic oxidation sites excluding steroid dienone is 6. The Bertz CT molecular complexity index is 285. The summed E-state index contributed by atoms with van der Waals surface area (Å²) in [6, 6.07) is 0. The third-order valence-corrected chi connectivity index (χ3v) is 1.34. The van der Waals surface area contributed by atoms with Gasteiger partial charge in [-0.25, -0.2) is 4.39 Å². The van der Waals surface area contributed by atoms with E-state index in [1.54, 1.807) is 6.92 Å². The van der Waals surface area contributed by atoms with Crippen LogP contribution in [0.15, 0.2) is 35.2 Å². The summed E-state index contributed by atoms with van der Waals surface area (Å²) in [5.41, 5.74) is 0.529. The van der Waals surface area contributed by atoms with Gasteiger partial charge in [-0.15, -0.1) is 0 Å². The van der Waals surface area contributed by atoms with E-state index in [9.17, 15) is 14.0 Å². The fraction of sp³-hybridized carbons (Fsp3) is 0.200. The number of carbonyl (C=O) groups is 2. The summed E-state index contributed by atoms with van der Waals surface area (Å²) < 4.78 is 12.8. The van der Waals surface area contributed by atoms with Crippen molar-refractivity contribution in [2.75, 3.05) is 0 Å². The molecule has 0 bridgehead atoms. The van der Waals surface area contributed by atoms with Crippen LogP contribution in [0.2, 0.25) is 0 Å². The zero-order chi connectivity index (χ0) is 10.3. The Morgan fingerprint density at radius 1 is 1.15 bits per heavy atom. The second-order valence-electron chi connectivity index (χ2n) is 2.54. The Kier molecular flexibility index (Phi) is 5.35. The normalized spacial score (nSPS) is 14.2. The second kappa shape index (κ2) is 6.06. The monoisotopic (exact) mass is 182 g/mol. The summed E-state index contributed by atoms with van der Waals surface area (Å²) in [5, 5.41) is 0. The van der Waals surface area contributed by atoms with Crippen molar-refractivity contribution in [2.45, 2.75) is 13.8 Å². The first kappa shape index (κ1) is 11.5. The van der Waals surface area contributed by atoms with Crippen LogP contribution >= 0.6 is 0 Å². The molecule has 0 saturated heterocycles. The molecule has 13 heavy (non-hydrogen) atoms. The van der Waals surface area contributed by atoms with Gasteiger partial charge in [0.1, 0.15) is 18.4 Å². The lowest BCUT2D eigenvalue weighted by molar-refractivity contribution is -0.105. The molecule has 0 radical (unpaired) electrons. The maximum Gasteiger partial charge on any atom is 0.148 e. The van der Waals surface area contributed by atoms with Crippen molar-refractivity contribution in [1.29, 1.82) is 0 Å². The minimum atomic E-state index is -0.593. The molecule has 0 aromatic rings. The Labute approximate surface area is 76.4 Å². The van der Waals surface area contributed by atoms with Gasteiger partial charge in [-0.2, -0.15) is 0 Å². The van der Waals surface area contributed by atoms with Crippen molar-refractivity contribution in [2.24, 2.45) is 0 Å². The predicted molar refractivity (Wildman–Crippen MR) is 48.8 cm³/mol. The average Bonchev–Trinajstić information content (AvgIpc) is 2.15. The maximum atomic E-state index is 12.8. The van der Waals surface area contributed by atoms with Crippen LogP contribution in [0.5, 0.6) is 0 Å². The molecular weight excluding hydrogens is 171 g/mol. The summed E-state index contributed by atoms with van der Waals surface area (Å²) >= 11 is 0. The van der Waals surface area contributed by atoms with E-state index >= 15 is 0 Å². The van der Waals surface area contributed by atoms with E-state index in [1.165, 1.54) is 19.1 Å². The molecule has 2 nitrogen and oxygen atoms in total. The van der Waals surface area contributed by atoms with Gasteiger partial charge in [0.25, 0.3) is 0 Å². The highest BCUT2D eigenvalue weighted by Gasteiger charge is 1.93. The quantitative estimate of drug-likeness (QED) is 0.379. The van der Waals surface area contributed by atoms with Crippen LogP contribution in [-0.4, -0.2) is 12.6 Å². The van der Waals surface area contributed by atoms with Crippen molar-refractivity contribution in [3.05, 3.63) is 35.2 Å². The number of aldehydes is 2. The van der Waals surface area contributed by atoms with Crippen LogP contribution in [0.4, 0.5) is 4.39 Å². The van der Waals surface area contributed by atoms with Gasteiger partial charge >= 0.3 is 0 Å². The zero-order valence-corrected chi connectivity index (χ0v) is 7.58. The van der Waals surface area contributed by atoms with Gasteiger partial charge < -0.3 is 0 Å². The van der Waals surface area contributed by atoms with Crippen LogP contribution in [0.1, 0.15) is 13.8 Å². The van der Waals surface area contributed by atoms with Gasteiger partial charge in [0.05, 0.1) is 0 Å². The highest BCUT2D eigenvalue weighted by Crippen LogP contribution is 2.04. The molecule has 0 heterocycles. The number of rotatable bonds is 4. The SMILES string of the molecule is C\C(C=O)=C(F)/C=C/C=C(\C)C=O. The maximum absolute atomic E-state index is 12.8. The Hall–Kier alpha value is -1.51. The fourth-order valence-electron chi connectivity index (χ4n) is 0.511. The number of carbonyl (C=O) groups excluding carboxylic acids is 2. The first-order chi connectivity index (χ1) is 6.11. The molecule has 0 aliphatic carbocycles. The molecule has 0 amide bonds. The van der Waals surface area contributed by atoms with Crippen molar-refractivity contribution >= 4 is 12.6 Å². The van der Waals surface area contributed by atoms with Crippen molar-refractivity contribution in [1.82, 2.24) is 0 Å². The summed E-state index contributed by atoms with van der Waals surface area (Å²) in [5.74, 6) is -0.593. The molecule has 0 N–H and O–H groups in total. The zero-order valence-electron chi connectivity index (χ0n) is 7.58. The molecule has 0 spiro atoms. The van der Waals surface area contributed by atoms with E-state index in [1.807, 2.05) is 0 Å². The van der Waals surface area contributed by atoms with Gasteiger partial charge in [-0.3, -0.25) is 9.59 Å². The third kappa shape index (κ3) is 4.85. The van der Waals surface area contributed by atoms with E-state index in [0.29, 0.717) is 18.1 Å². The molecule has 0 unspecified atom stereocenters. The largest absolute Gasteiger partial charge is 0.298 e. The first-order valence-corrected chi connectivity index (χ1v) is 3.73. The van der Waals surface area contributed by atoms with Crippen molar-refractivity contribution in [3.63, 3.8) is 0 Å². The topological polar surface area (TPSA) is 34.1 Å². The highest BCUT2D eigenvalue weighted by molar-refractivity contribution is 5.74. The minimum absolute atomic E-state index is 0.0356. The molecule has 0 saturated carbocycles. The lowest BCUT2D eigenvalue weighted by Crippen LogP contribution is -1.79. The van der Waals surface area contributed by atoms with E-state index in [2.05, 4.69) is 0 Å². The van der Waals surface area contributed by atoms with Crippen LogP contribution < -0.4 is 0 Å². The van der Waals surface area contributed by atoms with Gasteiger partial charge in [-0.1, -0.05) is 12.2 Å². The molecule has 3 heteroatoms. The molecular formula is C10H11FO2. The lowest BCUT2D eigenvalue weighted by Gasteiger charge is -1.88. The van der Waals surface area contributed by atoms with E-state index in [-0.39, 0.29) is 5.57 Å². The van der Waals surface area contributed by atoms with Crippen molar-refractivity contribution < 1.29 is 14.0 Å². The summed E-state index contributed by atoms with van der Waals surface area (Å²) in [6.07, 6.45) is 5.09. The predicted octanol–water partition coefficient (Wildman–Crippen LogP) is 2.13. The Morgan fingerprint density at radius 2 is 1.77 bits per heavy atom. The number of hydrogen-bond donors (Lipinski definition) is 0. The molecule has 70 valence electrons. The number of halogens is 1. The van der Waals surface area contributed by atoms with Crippen LogP contribution in [0.3, 0.4) is 0 Å². The molecule has 0 aromatic carbocycles. The highest BCUT2D eigenvalue weighted by atomic mass is 19.1. The van der Waals surface area contributed by atoms with Crippen molar-refractivity contribution in [3.8, 4) is 0 Å². The second-order valence-corrected chi connectivity index (χ2v) is 2.54. The lowest BCUT2D eigenvalue weighted by atomic mass is 10.2. The van der Waals surface area contributed by atoms with Crippen LogP contribution in [0.25, 0.3) is 0 Å². The van der Waals surface area contributed by atoms with Gasteiger partial charge in [0.2, 0.25) is 0 Å². The molecule has 0 atom stereocenters. The van der Waals surface area contributed by atoms with Gasteiger partial charge in [0.15, 0.2) is 0 Å². The smallest absolute Gasteiger partial charge is 0.148 e. The van der Waals surface area contributed by atoms with Crippen LogP contribution in [-0.2, 0) is 9.59 Å². The fourth-order valence-corrected chi connectivity index (χ4v) is 0.511.